The minimum atomic E-state index is -0.121. The van der Waals surface area contributed by atoms with Gasteiger partial charge in [-0.05, 0) is 31.2 Å². The molecule has 2 aromatic heterocycles. The van der Waals surface area contributed by atoms with Gasteiger partial charge in [0.1, 0.15) is 0 Å². The number of rotatable bonds is 4. The van der Waals surface area contributed by atoms with E-state index in [9.17, 15) is 4.79 Å². The van der Waals surface area contributed by atoms with Gasteiger partial charge in [0.15, 0.2) is 0 Å². The van der Waals surface area contributed by atoms with Crippen molar-refractivity contribution in [2.24, 2.45) is 0 Å². The van der Waals surface area contributed by atoms with E-state index >= 15 is 0 Å². The third-order valence-corrected chi connectivity index (χ3v) is 5.00. The fraction of sp³-hybridized carbons (Fsp3) is 0.333. The number of aryl methyl sites for hydroxylation is 1. The van der Waals surface area contributed by atoms with Crippen molar-refractivity contribution in [3.05, 3.63) is 46.7 Å². The van der Waals surface area contributed by atoms with Crippen LogP contribution in [0.15, 0.2) is 29.8 Å². The first-order chi connectivity index (χ1) is 12.7. The molecule has 0 unspecified atom stereocenters. The summed E-state index contributed by atoms with van der Waals surface area (Å²) in [6.45, 7) is 5.23. The van der Waals surface area contributed by atoms with Gasteiger partial charge < -0.3 is 15.0 Å². The fourth-order valence-electron chi connectivity index (χ4n) is 2.88. The van der Waals surface area contributed by atoms with Gasteiger partial charge in [-0.25, -0.2) is 15.0 Å². The molecule has 0 spiro atoms. The molecule has 8 heteroatoms. The van der Waals surface area contributed by atoms with E-state index in [2.05, 4.69) is 25.2 Å². The molecule has 1 fully saturated rings. The van der Waals surface area contributed by atoms with Crippen molar-refractivity contribution < 1.29 is 9.53 Å². The number of hydrogen-bond donors (Lipinski definition) is 1. The van der Waals surface area contributed by atoms with Crippen LogP contribution < -0.4 is 10.2 Å². The van der Waals surface area contributed by atoms with E-state index in [-0.39, 0.29) is 5.91 Å². The van der Waals surface area contributed by atoms with Gasteiger partial charge in [-0.15, -0.1) is 11.3 Å². The van der Waals surface area contributed by atoms with Crippen molar-refractivity contribution in [2.45, 2.75) is 13.5 Å². The van der Waals surface area contributed by atoms with Crippen LogP contribution >= 0.6 is 11.3 Å². The topological polar surface area (TPSA) is 80.2 Å². The molecule has 1 aliphatic rings. The number of fused-ring (bicyclic) bond motifs is 1. The molecule has 26 heavy (non-hydrogen) atoms. The summed E-state index contributed by atoms with van der Waals surface area (Å²) in [5, 5.41) is 2.94. The number of hydrogen-bond acceptors (Lipinski definition) is 7. The minimum Gasteiger partial charge on any atom is -0.378 e. The number of carbonyl (C=O) groups excluding carboxylic acids is 1. The van der Waals surface area contributed by atoms with E-state index in [4.69, 9.17) is 4.74 Å². The highest BCUT2D eigenvalue weighted by atomic mass is 32.1. The highest BCUT2D eigenvalue weighted by molar-refractivity contribution is 7.16. The molecule has 0 atom stereocenters. The Morgan fingerprint density at radius 2 is 2.12 bits per heavy atom. The summed E-state index contributed by atoms with van der Waals surface area (Å²) in [4.78, 5) is 27.9. The molecule has 0 saturated carbocycles. The second-order valence-corrected chi connectivity index (χ2v) is 7.00. The molecule has 1 aromatic carbocycles. The number of amides is 1. The number of anilines is 1. The maximum Gasteiger partial charge on any atom is 0.251 e. The zero-order valence-electron chi connectivity index (χ0n) is 14.4. The summed E-state index contributed by atoms with van der Waals surface area (Å²) in [5.41, 5.74) is 5.00. The Hall–Kier alpha value is -2.58. The van der Waals surface area contributed by atoms with Gasteiger partial charge in [-0.2, -0.15) is 0 Å². The van der Waals surface area contributed by atoms with E-state index in [1.807, 2.05) is 25.1 Å². The van der Waals surface area contributed by atoms with Crippen molar-refractivity contribution in [1.82, 2.24) is 20.3 Å². The number of nitrogens with one attached hydrogen (secondary N) is 1. The third kappa shape index (κ3) is 3.66. The molecular formula is C18H19N5O2S. The molecule has 3 aromatic rings. The Kier molecular flexibility index (Phi) is 4.77. The third-order valence-electron chi connectivity index (χ3n) is 4.21. The van der Waals surface area contributed by atoms with Crippen LogP contribution in [0.4, 0.5) is 5.95 Å². The lowest BCUT2D eigenvalue weighted by atomic mass is 10.2. The SMILES string of the molecule is Cc1cc(CNC(=O)c2ccc3ncsc3c2)nc(N2CCOCC2)n1. The summed E-state index contributed by atoms with van der Waals surface area (Å²) in [6.07, 6.45) is 0. The van der Waals surface area contributed by atoms with Crippen molar-refractivity contribution >= 4 is 33.4 Å². The van der Waals surface area contributed by atoms with E-state index in [1.165, 1.54) is 11.3 Å². The fourth-order valence-corrected chi connectivity index (χ4v) is 3.60. The molecule has 0 bridgehead atoms. The van der Waals surface area contributed by atoms with Crippen molar-refractivity contribution in [2.75, 3.05) is 31.2 Å². The maximum absolute atomic E-state index is 12.5. The number of nitrogens with zero attached hydrogens (tertiary/aromatic N) is 4. The van der Waals surface area contributed by atoms with E-state index in [0.29, 0.717) is 31.3 Å². The van der Waals surface area contributed by atoms with Crippen LogP contribution in [0.5, 0.6) is 0 Å². The number of carbonyl (C=O) groups is 1. The van der Waals surface area contributed by atoms with Crippen LogP contribution in [0.1, 0.15) is 21.7 Å². The lowest BCUT2D eigenvalue weighted by Crippen LogP contribution is -2.37. The van der Waals surface area contributed by atoms with Gasteiger partial charge in [-0.1, -0.05) is 0 Å². The van der Waals surface area contributed by atoms with Gasteiger partial charge in [0.05, 0.1) is 41.2 Å². The van der Waals surface area contributed by atoms with E-state index in [0.717, 1.165) is 34.7 Å². The zero-order chi connectivity index (χ0) is 17.9. The lowest BCUT2D eigenvalue weighted by Gasteiger charge is -2.27. The Morgan fingerprint density at radius 3 is 2.96 bits per heavy atom. The first kappa shape index (κ1) is 16.9. The highest BCUT2D eigenvalue weighted by Gasteiger charge is 2.15. The average molecular weight is 369 g/mol. The monoisotopic (exact) mass is 369 g/mol. The van der Waals surface area contributed by atoms with Crippen molar-refractivity contribution in [3.63, 3.8) is 0 Å². The minimum absolute atomic E-state index is 0.121. The van der Waals surface area contributed by atoms with Gasteiger partial charge in [0, 0.05) is 24.3 Å². The Labute approximate surface area is 155 Å². The number of thiazole rings is 1. The summed E-state index contributed by atoms with van der Waals surface area (Å²) >= 11 is 1.53. The molecular weight excluding hydrogens is 350 g/mol. The maximum atomic E-state index is 12.5. The van der Waals surface area contributed by atoms with Gasteiger partial charge in [0.25, 0.3) is 5.91 Å². The molecule has 0 aliphatic carbocycles. The normalized spacial score (nSPS) is 14.6. The smallest absolute Gasteiger partial charge is 0.251 e. The molecule has 1 aliphatic heterocycles. The van der Waals surface area contributed by atoms with Crippen LogP contribution in [0.3, 0.4) is 0 Å². The quantitative estimate of drug-likeness (QED) is 0.759. The summed E-state index contributed by atoms with van der Waals surface area (Å²) in [7, 11) is 0. The number of aromatic nitrogens is 3. The second-order valence-electron chi connectivity index (χ2n) is 6.12. The number of ether oxygens (including phenoxy) is 1. The molecule has 1 N–H and O–H groups in total. The largest absolute Gasteiger partial charge is 0.378 e. The summed E-state index contributed by atoms with van der Waals surface area (Å²) in [6, 6.07) is 7.43. The first-order valence-electron chi connectivity index (χ1n) is 8.48. The van der Waals surface area contributed by atoms with Crippen LogP contribution in [0.2, 0.25) is 0 Å². The van der Waals surface area contributed by atoms with Crippen LogP contribution in [-0.2, 0) is 11.3 Å². The molecule has 4 rings (SSSR count). The van der Waals surface area contributed by atoms with Gasteiger partial charge >= 0.3 is 0 Å². The number of morpholine rings is 1. The second kappa shape index (κ2) is 7.35. The molecule has 7 nitrogen and oxygen atoms in total. The Bertz CT molecular complexity index is 936. The summed E-state index contributed by atoms with van der Waals surface area (Å²) in [5.74, 6) is 0.577. The van der Waals surface area contributed by atoms with Crippen molar-refractivity contribution in [3.8, 4) is 0 Å². The van der Waals surface area contributed by atoms with Crippen LogP contribution in [0.25, 0.3) is 10.2 Å². The molecule has 1 saturated heterocycles. The molecule has 3 heterocycles. The number of benzene rings is 1. The Morgan fingerprint density at radius 1 is 1.27 bits per heavy atom. The predicted molar refractivity (Wildman–Crippen MR) is 101 cm³/mol. The van der Waals surface area contributed by atoms with Gasteiger partial charge in [-0.3, -0.25) is 4.79 Å². The van der Waals surface area contributed by atoms with Crippen LogP contribution in [-0.4, -0.2) is 47.2 Å². The Balaban J connectivity index is 1.46. The van der Waals surface area contributed by atoms with Gasteiger partial charge in [0.2, 0.25) is 5.95 Å². The lowest BCUT2D eigenvalue weighted by molar-refractivity contribution is 0.0950. The molecule has 134 valence electrons. The standard InChI is InChI=1S/C18H19N5O2S/c1-12-8-14(22-18(21-12)23-4-6-25-7-5-23)10-19-17(24)13-2-3-15-16(9-13)26-11-20-15/h2-3,8-9,11H,4-7,10H2,1H3,(H,19,24). The van der Waals surface area contributed by atoms with E-state index < -0.39 is 0 Å². The molecule has 0 radical (unpaired) electrons. The van der Waals surface area contributed by atoms with E-state index in [1.54, 1.807) is 11.6 Å². The zero-order valence-corrected chi connectivity index (χ0v) is 15.3. The average Bonchev–Trinajstić information content (AvgIpc) is 3.14. The molecule has 1 amide bonds. The highest BCUT2D eigenvalue weighted by Crippen LogP contribution is 2.19. The van der Waals surface area contributed by atoms with Crippen molar-refractivity contribution in [1.29, 1.82) is 0 Å². The summed E-state index contributed by atoms with van der Waals surface area (Å²) < 4.78 is 6.38. The predicted octanol–water partition coefficient (Wildman–Crippen LogP) is 2.16. The van der Waals surface area contributed by atoms with Crippen LogP contribution in [0, 0.1) is 6.92 Å². The first-order valence-corrected chi connectivity index (χ1v) is 9.36.